The van der Waals surface area contributed by atoms with Crippen molar-refractivity contribution in [1.29, 1.82) is 0 Å². The summed E-state index contributed by atoms with van der Waals surface area (Å²) in [5.74, 6) is -9.00. The lowest BCUT2D eigenvalue weighted by Crippen LogP contribution is -2.49. The molecule has 2 heterocycles. The van der Waals surface area contributed by atoms with Crippen molar-refractivity contribution in [2.75, 3.05) is 90.5 Å². The summed E-state index contributed by atoms with van der Waals surface area (Å²) in [5.41, 5.74) is 12.2. The number of primary amides is 1. The van der Waals surface area contributed by atoms with E-state index in [4.69, 9.17) is 30.4 Å². The monoisotopic (exact) mass is 1130 g/mol. The minimum atomic E-state index is -5.47. The topological polar surface area (TPSA) is 258 Å². The number of thioether (sulfide) groups is 1. The molecule has 0 fully saturated rings. The molecule has 79 heavy (non-hydrogen) atoms. The summed E-state index contributed by atoms with van der Waals surface area (Å²) in [6.07, 6.45) is -1.10. The summed E-state index contributed by atoms with van der Waals surface area (Å²) in [4.78, 5) is 83.7. The first-order chi connectivity index (χ1) is 37.7. The third-order valence-electron chi connectivity index (χ3n) is 11.6. The molecule has 0 radical (unpaired) electrons. The third kappa shape index (κ3) is 23.9. The first kappa shape index (κ1) is 65.2. The fourth-order valence-corrected chi connectivity index (χ4v) is 8.96. The molecule has 2 aromatic heterocycles. The summed E-state index contributed by atoms with van der Waals surface area (Å²) in [6, 6.07) is 13.5. The van der Waals surface area contributed by atoms with Crippen LogP contribution in [0.3, 0.4) is 0 Å². The van der Waals surface area contributed by atoms with Crippen LogP contribution in [-0.2, 0) is 65.4 Å². The highest BCUT2D eigenvalue weighted by Crippen LogP contribution is 2.41. The SMILES string of the molecule is CC(C)(C)[C@H](c1cc(-c2cc(F)ccc2F)cn1Cc1ccccc1)N(CCCNC(=O)[C@H](CC(N)=O)NC(=O)Cc1ccncc1)C(=O)CSC[C@H](NCCCOCCOCCOCCOCCN)C(=O)OC(=O)C(F)(F)F. The molecular weight excluding hydrogens is 1060 g/mol. The number of nitrogens with two attached hydrogens (primary N) is 2. The molecule has 0 bridgehead atoms. The standard InChI is InChI=1S/C54H71F5N8O11S/c1-53(2,3)49(45-30-39(41-31-40(55)11-12-42(41)56)34-66(45)33-38-9-5-4-6-10-38)67(20-7-16-64-50(71)43(32-46(61)68)65-47(69)29-37-13-18-62-19-14-37)48(70)36-79-35-44(51(72)78-52(73)54(57,58)59)63-17-8-21-74-23-25-76-27-28-77-26-24-75-22-15-60/h4-6,9-14,18-19,30-31,34,43-44,49,63H,7-8,15-17,20-29,32-33,35-36,60H2,1-3H3,(H2,61,68)(H,64,71)(H,65,69)/t43-,44-,49-/m0/s1. The molecule has 0 aliphatic heterocycles. The van der Waals surface area contributed by atoms with E-state index in [0.29, 0.717) is 56.4 Å². The summed E-state index contributed by atoms with van der Waals surface area (Å²) >= 11 is 0.871. The van der Waals surface area contributed by atoms with Crippen LogP contribution in [0, 0.1) is 17.0 Å². The predicted molar refractivity (Wildman–Crippen MR) is 284 cm³/mol. The van der Waals surface area contributed by atoms with Crippen LogP contribution in [0.1, 0.15) is 62.9 Å². The van der Waals surface area contributed by atoms with Crippen molar-refractivity contribution in [3.05, 3.63) is 114 Å². The van der Waals surface area contributed by atoms with Gasteiger partial charge in [0.1, 0.15) is 23.7 Å². The van der Waals surface area contributed by atoms with Gasteiger partial charge >= 0.3 is 18.1 Å². The smallest absolute Gasteiger partial charge is 0.385 e. The van der Waals surface area contributed by atoms with E-state index in [1.807, 2.05) is 55.7 Å². The molecule has 7 N–H and O–H groups in total. The number of ether oxygens (including phenoxy) is 5. The largest absolute Gasteiger partial charge is 0.491 e. The van der Waals surface area contributed by atoms with Gasteiger partial charge < -0.3 is 60.6 Å². The first-order valence-corrected chi connectivity index (χ1v) is 26.7. The summed E-state index contributed by atoms with van der Waals surface area (Å²) in [6.45, 7) is 8.62. The molecule has 3 atom stereocenters. The molecule has 2 aromatic carbocycles. The number of hydrogen-bond acceptors (Lipinski definition) is 15. The molecule has 19 nitrogen and oxygen atoms in total. The number of amides is 4. The Morgan fingerprint density at radius 3 is 2.05 bits per heavy atom. The van der Waals surface area contributed by atoms with E-state index in [1.165, 1.54) is 17.3 Å². The van der Waals surface area contributed by atoms with Gasteiger partial charge in [0.2, 0.25) is 23.6 Å². The zero-order valence-electron chi connectivity index (χ0n) is 44.5. The molecule has 25 heteroatoms. The quantitative estimate of drug-likeness (QED) is 0.0180. The van der Waals surface area contributed by atoms with Gasteiger partial charge in [-0.2, -0.15) is 13.2 Å². The Bertz CT molecular complexity index is 2540. The Kier molecular flexibility index (Phi) is 28.0. The van der Waals surface area contributed by atoms with Gasteiger partial charge in [0, 0.05) is 74.0 Å². The summed E-state index contributed by atoms with van der Waals surface area (Å²) < 4.78 is 97.6. The van der Waals surface area contributed by atoms with Gasteiger partial charge in [0.05, 0.1) is 70.9 Å². The number of aromatic nitrogens is 2. The van der Waals surface area contributed by atoms with Crippen LogP contribution in [0.5, 0.6) is 0 Å². The highest BCUT2D eigenvalue weighted by molar-refractivity contribution is 8.00. The van der Waals surface area contributed by atoms with Crippen LogP contribution in [0.15, 0.2) is 85.3 Å². The Balaban J connectivity index is 1.56. The molecule has 0 saturated carbocycles. The first-order valence-electron chi connectivity index (χ1n) is 25.6. The lowest BCUT2D eigenvalue weighted by molar-refractivity contribution is -0.202. The fourth-order valence-electron chi connectivity index (χ4n) is 8.01. The van der Waals surface area contributed by atoms with Crippen molar-refractivity contribution in [1.82, 2.24) is 30.4 Å². The Morgan fingerprint density at radius 2 is 1.43 bits per heavy atom. The highest BCUT2D eigenvalue weighted by atomic mass is 32.2. The van der Waals surface area contributed by atoms with E-state index in [1.54, 1.807) is 24.4 Å². The summed E-state index contributed by atoms with van der Waals surface area (Å²) in [7, 11) is 0. The second kappa shape index (κ2) is 33.9. The normalized spacial score (nSPS) is 12.8. The van der Waals surface area contributed by atoms with E-state index >= 15 is 4.39 Å². The van der Waals surface area contributed by atoms with Crippen molar-refractivity contribution >= 4 is 47.3 Å². The second-order valence-electron chi connectivity index (χ2n) is 19.0. The molecule has 4 aromatic rings. The second-order valence-corrected chi connectivity index (χ2v) is 20.1. The van der Waals surface area contributed by atoms with E-state index in [0.717, 1.165) is 35.5 Å². The highest BCUT2D eigenvalue weighted by Gasteiger charge is 2.43. The number of alkyl halides is 3. The number of carbonyl (C=O) groups is 6. The van der Waals surface area contributed by atoms with Crippen LogP contribution in [-0.4, -0.2) is 159 Å². The van der Waals surface area contributed by atoms with Crippen molar-refractivity contribution in [2.24, 2.45) is 16.9 Å². The zero-order chi connectivity index (χ0) is 57.8. The molecule has 0 saturated heterocycles. The Morgan fingerprint density at radius 1 is 0.785 bits per heavy atom. The molecule has 0 spiro atoms. The van der Waals surface area contributed by atoms with Gasteiger partial charge in [0.25, 0.3) is 0 Å². The number of benzene rings is 2. The lowest BCUT2D eigenvalue weighted by Gasteiger charge is -2.41. The minimum Gasteiger partial charge on any atom is -0.385 e. The van der Waals surface area contributed by atoms with E-state index < -0.39 is 83.3 Å². The van der Waals surface area contributed by atoms with E-state index in [2.05, 4.69) is 25.7 Å². The van der Waals surface area contributed by atoms with Crippen LogP contribution in [0.2, 0.25) is 0 Å². The van der Waals surface area contributed by atoms with E-state index in [-0.39, 0.29) is 82.3 Å². The van der Waals surface area contributed by atoms with Gasteiger partial charge in [-0.05, 0) is 72.3 Å². The van der Waals surface area contributed by atoms with Crippen molar-refractivity contribution in [3.63, 3.8) is 0 Å². The average Bonchev–Trinajstić information content (AvgIpc) is 4.09. The number of hydrogen-bond donors (Lipinski definition) is 5. The molecule has 0 aliphatic rings. The van der Waals surface area contributed by atoms with Gasteiger partial charge in [-0.3, -0.25) is 24.2 Å². The number of esters is 2. The van der Waals surface area contributed by atoms with Crippen molar-refractivity contribution in [3.8, 4) is 11.1 Å². The minimum absolute atomic E-state index is 0.0285. The third-order valence-corrected chi connectivity index (χ3v) is 12.6. The number of halogens is 5. The lowest BCUT2D eigenvalue weighted by atomic mass is 9.83. The van der Waals surface area contributed by atoms with Gasteiger partial charge in [0.15, 0.2) is 0 Å². The molecule has 4 rings (SSSR count). The predicted octanol–water partition coefficient (Wildman–Crippen LogP) is 4.64. The molecule has 0 unspecified atom stereocenters. The van der Waals surface area contributed by atoms with Crippen molar-refractivity contribution in [2.45, 2.75) is 77.3 Å². The maximum absolute atomic E-state index is 15.5. The molecule has 434 valence electrons. The van der Waals surface area contributed by atoms with Crippen LogP contribution in [0.4, 0.5) is 22.0 Å². The number of carbonyl (C=O) groups excluding carboxylic acids is 6. The number of nitrogens with zero attached hydrogens (tertiary/aromatic N) is 3. The number of nitrogens with one attached hydrogen (secondary N) is 3. The van der Waals surface area contributed by atoms with Crippen LogP contribution in [0.25, 0.3) is 11.1 Å². The van der Waals surface area contributed by atoms with Gasteiger partial charge in [-0.25, -0.2) is 18.4 Å². The maximum Gasteiger partial charge on any atom is 0.491 e. The summed E-state index contributed by atoms with van der Waals surface area (Å²) in [5, 5.41) is 8.06. The molecular formula is C54H71F5N8O11S. The van der Waals surface area contributed by atoms with Crippen LogP contribution >= 0.6 is 11.8 Å². The Labute approximate surface area is 460 Å². The fraction of sp³-hybridized carbons (Fsp3) is 0.500. The Hall–Kier alpha value is -6.35. The van der Waals surface area contributed by atoms with E-state index in [9.17, 15) is 46.3 Å². The van der Waals surface area contributed by atoms with Crippen LogP contribution < -0.4 is 27.4 Å². The molecule has 0 aliphatic carbocycles. The van der Waals surface area contributed by atoms with Gasteiger partial charge in [-0.1, -0.05) is 51.1 Å². The zero-order valence-corrected chi connectivity index (χ0v) is 45.4. The number of pyridine rings is 1. The van der Waals surface area contributed by atoms with Crippen molar-refractivity contribution < 1.29 is 74.4 Å². The van der Waals surface area contributed by atoms with Gasteiger partial charge in [-0.15, -0.1) is 11.8 Å². The average molecular weight is 1140 g/mol. The molecule has 4 amide bonds. The number of rotatable bonds is 36. The maximum atomic E-state index is 15.5.